The summed E-state index contributed by atoms with van der Waals surface area (Å²) in [4.78, 5) is 25.7. The minimum absolute atomic E-state index is 0.0671. The second kappa shape index (κ2) is 11.2. The van der Waals surface area contributed by atoms with Gasteiger partial charge in [0, 0.05) is 51.7 Å². The molecule has 2 N–H and O–H groups in total. The maximum Gasteiger partial charge on any atom is 0.391 e. The molecule has 0 aliphatic carbocycles. The smallest absolute Gasteiger partial charge is 0.365 e. The van der Waals surface area contributed by atoms with E-state index in [-0.39, 0.29) is 31.7 Å². The molecule has 0 saturated carbocycles. The van der Waals surface area contributed by atoms with Crippen LogP contribution in [0.25, 0.3) is 5.65 Å². The van der Waals surface area contributed by atoms with Crippen molar-refractivity contribution in [2.75, 3.05) is 82.7 Å². The largest absolute Gasteiger partial charge is 0.391 e. The number of piperidine rings is 1. The van der Waals surface area contributed by atoms with Crippen molar-refractivity contribution < 1.29 is 18.0 Å². The third kappa shape index (κ3) is 5.70. The fourth-order valence-electron chi connectivity index (χ4n) is 6.37. The van der Waals surface area contributed by atoms with E-state index in [1.807, 2.05) is 29.4 Å². The molecule has 3 fully saturated rings. The van der Waals surface area contributed by atoms with Gasteiger partial charge in [-0.25, -0.2) is 9.94 Å². The molecule has 12 nitrogen and oxygen atoms in total. The first-order valence-corrected chi connectivity index (χ1v) is 14.4. The van der Waals surface area contributed by atoms with Crippen LogP contribution in [0.5, 0.6) is 0 Å². The Labute approximate surface area is 242 Å². The summed E-state index contributed by atoms with van der Waals surface area (Å²) in [5.74, 6) is -0.773. The molecule has 3 saturated heterocycles. The summed E-state index contributed by atoms with van der Waals surface area (Å²) in [5, 5.41) is 19.1. The van der Waals surface area contributed by atoms with Crippen LogP contribution in [0.1, 0.15) is 19.3 Å². The Morgan fingerprint density at radius 1 is 1.19 bits per heavy atom. The van der Waals surface area contributed by atoms with Gasteiger partial charge >= 0.3 is 6.18 Å². The number of hydrazine groups is 1. The Kier molecular flexibility index (Phi) is 7.62. The molecule has 0 aromatic carbocycles. The SMILES string of the molecule is CN1CCN(C(=O)CN2C=C(Nc3nc4c(N5CC(CC#N)(N6CCC(C(F)(F)F)CC6)C5)cccn4n3)CN2)CC1. The van der Waals surface area contributed by atoms with E-state index in [0.29, 0.717) is 44.3 Å². The van der Waals surface area contributed by atoms with Gasteiger partial charge in [-0.1, -0.05) is 0 Å². The molecule has 42 heavy (non-hydrogen) atoms. The number of likely N-dealkylation sites (tertiary alicyclic amines) is 1. The fraction of sp³-hybridized carbons (Fsp3) is 0.630. The monoisotopic (exact) mass is 587 g/mol. The lowest BCUT2D eigenvalue weighted by atomic mass is 9.81. The molecular formula is C27H36F3N11O. The highest BCUT2D eigenvalue weighted by Gasteiger charge is 2.51. The molecular weight excluding hydrogens is 551 g/mol. The highest BCUT2D eigenvalue weighted by molar-refractivity contribution is 5.78. The molecule has 6 heterocycles. The zero-order chi connectivity index (χ0) is 29.5. The van der Waals surface area contributed by atoms with Gasteiger partial charge in [-0.05, 0) is 45.1 Å². The van der Waals surface area contributed by atoms with Crippen molar-refractivity contribution in [1.82, 2.24) is 39.7 Å². The molecule has 0 unspecified atom stereocenters. The molecule has 2 aromatic rings. The normalized spacial score (nSPS) is 22.3. The van der Waals surface area contributed by atoms with Gasteiger partial charge in [0.1, 0.15) is 6.54 Å². The Hall–Kier alpha value is -3.61. The number of fused-ring (bicyclic) bond motifs is 1. The summed E-state index contributed by atoms with van der Waals surface area (Å²) >= 11 is 0. The molecule has 4 aliphatic rings. The van der Waals surface area contributed by atoms with Crippen LogP contribution in [-0.4, -0.2) is 124 Å². The van der Waals surface area contributed by atoms with Gasteiger partial charge in [-0.15, -0.1) is 5.10 Å². The van der Waals surface area contributed by atoms with Gasteiger partial charge in [0.2, 0.25) is 11.9 Å². The zero-order valence-corrected chi connectivity index (χ0v) is 23.6. The van der Waals surface area contributed by atoms with E-state index in [1.54, 1.807) is 9.52 Å². The number of carbonyl (C=O) groups excluding carboxylic acids is 1. The number of piperazine rings is 1. The number of hydrogen-bond acceptors (Lipinski definition) is 10. The summed E-state index contributed by atoms with van der Waals surface area (Å²) in [7, 11) is 2.06. The van der Waals surface area contributed by atoms with Crippen LogP contribution in [0, 0.1) is 17.2 Å². The van der Waals surface area contributed by atoms with Crippen molar-refractivity contribution in [3.05, 3.63) is 30.2 Å². The summed E-state index contributed by atoms with van der Waals surface area (Å²) in [6, 6.07) is 6.09. The van der Waals surface area contributed by atoms with Crippen LogP contribution < -0.4 is 15.6 Å². The minimum atomic E-state index is -4.17. The predicted molar refractivity (Wildman–Crippen MR) is 149 cm³/mol. The van der Waals surface area contributed by atoms with Crippen LogP contribution in [0.2, 0.25) is 0 Å². The molecule has 0 radical (unpaired) electrons. The number of carbonyl (C=O) groups is 1. The summed E-state index contributed by atoms with van der Waals surface area (Å²) in [5.41, 5.74) is 5.07. The first kappa shape index (κ1) is 28.5. The van der Waals surface area contributed by atoms with Crippen LogP contribution in [0.15, 0.2) is 30.2 Å². The Balaban J connectivity index is 1.09. The van der Waals surface area contributed by atoms with Gasteiger partial charge in [0.05, 0.1) is 41.9 Å². The van der Waals surface area contributed by atoms with Gasteiger partial charge in [0.25, 0.3) is 0 Å². The van der Waals surface area contributed by atoms with Gasteiger partial charge in [-0.3, -0.25) is 9.69 Å². The van der Waals surface area contributed by atoms with Crippen LogP contribution >= 0.6 is 0 Å². The maximum atomic E-state index is 13.2. The highest BCUT2D eigenvalue weighted by Crippen LogP contribution is 2.41. The number of aromatic nitrogens is 3. The molecule has 1 amide bonds. The van der Waals surface area contributed by atoms with Crippen LogP contribution in [0.3, 0.4) is 0 Å². The molecule has 226 valence electrons. The first-order valence-electron chi connectivity index (χ1n) is 14.4. The Morgan fingerprint density at radius 3 is 2.62 bits per heavy atom. The topological polar surface area (TPSA) is 111 Å². The predicted octanol–water partition coefficient (Wildman–Crippen LogP) is 1.32. The summed E-state index contributed by atoms with van der Waals surface area (Å²) < 4.78 is 41.3. The first-order chi connectivity index (χ1) is 20.1. The fourth-order valence-corrected chi connectivity index (χ4v) is 6.37. The third-order valence-corrected chi connectivity index (χ3v) is 8.91. The van der Waals surface area contributed by atoms with Gasteiger partial charge in [-0.2, -0.15) is 23.4 Å². The number of pyridine rings is 1. The molecule has 4 aliphatic heterocycles. The average Bonchev–Trinajstić information content (AvgIpc) is 3.56. The molecule has 2 aromatic heterocycles. The van der Waals surface area contributed by atoms with Crippen molar-refractivity contribution in [1.29, 1.82) is 5.26 Å². The number of hydrogen-bond donors (Lipinski definition) is 2. The number of nitrogens with zero attached hydrogens (tertiary/aromatic N) is 9. The lowest BCUT2D eigenvalue weighted by Crippen LogP contribution is -2.71. The third-order valence-electron chi connectivity index (χ3n) is 8.91. The van der Waals surface area contributed by atoms with Crippen molar-refractivity contribution in [2.24, 2.45) is 5.92 Å². The van der Waals surface area contributed by atoms with E-state index in [4.69, 9.17) is 4.98 Å². The zero-order valence-electron chi connectivity index (χ0n) is 23.6. The molecule has 6 rings (SSSR count). The number of amides is 1. The van der Waals surface area contributed by atoms with Crippen LogP contribution in [0.4, 0.5) is 24.8 Å². The standard InChI is InChI=1S/C27H36F3N11O/c1-36-11-13-37(14-12-36)23(42)17-40-16-21(15-32-40)33-25-34-24-22(3-2-8-41(24)35-25)38-18-26(19-38,6-7-31)39-9-4-20(5-10-39)27(28,29)30/h2-3,8,16,20,32H,4-6,9-15,17-19H2,1H3,(H,33,35). The second-order valence-corrected chi connectivity index (χ2v) is 11.7. The van der Waals surface area contributed by atoms with Crippen molar-refractivity contribution in [3.8, 4) is 6.07 Å². The molecule has 0 bridgehead atoms. The van der Waals surface area contributed by atoms with E-state index < -0.39 is 17.6 Å². The number of likely N-dealkylation sites (N-methyl/N-ethyl adjacent to an activating group) is 1. The van der Waals surface area contributed by atoms with E-state index in [2.05, 4.69) is 43.7 Å². The van der Waals surface area contributed by atoms with Crippen molar-refractivity contribution >= 4 is 23.2 Å². The van der Waals surface area contributed by atoms with E-state index in [1.165, 1.54) is 0 Å². The van der Waals surface area contributed by atoms with E-state index >= 15 is 0 Å². The van der Waals surface area contributed by atoms with E-state index in [9.17, 15) is 23.2 Å². The van der Waals surface area contributed by atoms with Crippen molar-refractivity contribution in [2.45, 2.75) is 31.0 Å². The number of alkyl halides is 3. The Morgan fingerprint density at radius 2 is 1.93 bits per heavy atom. The van der Waals surface area contributed by atoms with E-state index in [0.717, 1.165) is 37.6 Å². The lowest BCUT2D eigenvalue weighted by molar-refractivity contribution is -0.188. The quantitative estimate of drug-likeness (QED) is 0.492. The highest BCUT2D eigenvalue weighted by atomic mass is 19.4. The number of halogens is 3. The number of nitriles is 1. The summed E-state index contributed by atoms with van der Waals surface area (Å²) in [6.07, 6.45) is -0.106. The molecule has 15 heteroatoms. The van der Waals surface area contributed by atoms with Crippen molar-refractivity contribution in [3.63, 3.8) is 0 Å². The molecule has 0 atom stereocenters. The Bertz CT molecular complexity index is 1360. The molecule has 0 spiro atoms. The minimum Gasteiger partial charge on any atom is -0.365 e. The van der Waals surface area contributed by atoms with Crippen LogP contribution in [-0.2, 0) is 4.79 Å². The second-order valence-electron chi connectivity index (χ2n) is 11.7. The van der Waals surface area contributed by atoms with Gasteiger partial charge in [0.15, 0.2) is 5.65 Å². The number of nitrogens with one attached hydrogen (secondary N) is 2. The number of rotatable bonds is 7. The summed E-state index contributed by atoms with van der Waals surface area (Å²) in [6.45, 7) is 5.72. The number of anilines is 2. The lowest BCUT2D eigenvalue weighted by Gasteiger charge is -2.57. The maximum absolute atomic E-state index is 13.2. The van der Waals surface area contributed by atoms with Gasteiger partial charge < -0.3 is 25.0 Å². The average molecular weight is 588 g/mol.